The summed E-state index contributed by atoms with van der Waals surface area (Å²) in [6, 6.07) is 17.0. The van der Waals surface area contributed by atoms with E-state index in [-0.39, 0.29) is 5.97 Å². The van der Waals surface area contributed by atoms with Gasteiger partial charge < -0.3 is 23.9 Å². The number of furan rings is 1. The normalized spacial score (nSPS) is 10.6. The quantitative estimate of drug-likeness (QED) is 0.435. The highest BCUT2D eigenvalue weighted by atomic mass is 16.5. The predicted octanol–water partition coefficient (Wildman–Crippen LogP) is 4.08. The van der Waals surface area contributed by atoms with Gasteiger partial charge in [-0.15, -0.1) is 0 Å². The standard InChI is InChI=1S/C23H25NO5/c1-26-21-10-4-16(14-22(21)27-2)12-13-24-15-19-9-11-20(29-19)17-5-7-18(8-6-17)23(25)28-3/h4-11,14,24H,12-13,15H2,1-3H3. The largest absolute Gasteiger partial charge is 0.493 e. The smallest absolute Gasteiger partial charge is 0.337 e. The maximum absolute atomic E-state index is 11.5. The number of rotatable bonds is 9. The zero-order valence-corrected chi connectivity index (χ0v) is 16.9. The van der Waals surface area contributed by atoms with Crippen molar-refractivity contribution >= 4 is 5.97 Å². The first kappa shape index (κ1) is 20.5. The molecule has 0 bridgehead atoms. The SMILES string of the molecule is COC(=O)c1ccc(-c2ccc(CNCCc3ccc(OC)c(OC)c3)o2)cc1. The van der Waals surface area contributed by atoms with Crippen LogP contribution in [0.4, 0.5) is 0 Å². The molecule has 3 aromatic rings. The van der Waals surface area contributed by atoms with E-state index in [2.05, 4.69) is 5.32 Å². The molecule has 152 valence electrons. The van der Waals surface area contributed by atoms with Gasteiger partial charge in [0.2, 0.25) is 0 Å². The second-order valence-electron chi connectivity index (χ2n) is 6.45. The van der Waals surface area contributed by atoms with E-state index in [9.17, 15) is 4.79 Å². The van der Waals surface area contributed by atoms with Crippen molar-refractivity contribution in [2.45, 2.75) is 13.0 Å². The minimum absolute atomic E-state index is 0.352. The molecule has 29 heavy (non-hydrogen) atoms. The van der Waals surface area contributed by atoms with Gasteiger partial charge in [0.05, 0.1) is 33.4 Å². The molecular weight excluding hydrogens is 370 g/mol. The lowest BCUT2D eigenvalue weighted by atomic mass is 10.1. The zero-order valence-electron chi connectivity index (χ0n) is 16.9. The number of hydrogen-bond acceptors (Lipinski definition) is 6. The topological polar surface area (TPSA) is 69.9 Å². The Hall–Kier alpha value is -3.25. The number of ether oxygens (including phenoxy) is 3. The Labute approximate surface area is 170 Å². The Kier molecular flexibility index (Phi) is 6.92. The van der Waals surface area contributed by atoms with Crippen LogP contribution < -0.4 is 14.8 Å². The Morgan fingerprint density at radius 2 is 1.69 bits per heavy atom. The molecule has 1 heterocycles. The van der Waals surface area contributed by atoms with E-state index in [4.69, 9.17) is 18.6 Å². The molecule has 0 spiro atoms. The number of carbonyl (C=O) groups excluding carboxylic acids is 1. The van der Waals surface area contributed by atoms with Crippen molar-refractivity contribution in [3.05, 3.63) is 71.5 Å². The number of esters is 1. The van der Waals surface area contributed by atoms with E-state index >= 15 is 0 Å². The minimum Gasteiger partial charge on any atom is -0.493 e. The molecule has 0 aliphatic heterocycles. The molecule has 0 aliphatic carbocycles. The van der Waals surface area contributed by atoms with E-state index in [1.165, 1.54) is 12.7 Å². The van der Waals surface area contributed by atoms with Crippen molar-refractivity contribution in [2.24, 2.45) is 0 Å². The van der Waals surface area contributed by atoms with E-state index in [0.717, 1.165) is 41.5 Å². The predicted molar refractivity (Wildman–Crippen MR) is 110 cm³/mol. The summed E-state index contributed by atoms with van der Waals surface area (Å²) in [6.07, 6.45) is 0.864. The summed E-state index contributed by atoms with van der Waals surface area (Å²) < 4.78 is 21.2. The van der Waals surface area contributed by atoms with Gasteiger partial charge in [0.15, 0.2) is 11.5 Å². The van der Waals surface area contributed by atoms with Gasteiger partial charge in [-0.1, -0.05) is 18.2 Å². The lowest BCUT2D eigenvalue weighted by Gasteiger charge is -2.09. The van der Waals surface area contributed by atoms with Gasteiger partial charge in [0.25, 0.3) is 0 Å². The van der Waals surface area contributed by atoms with Crippen molar-refractivity contribution in [1.82, 2.24) is 5.32 Å². The third-order valence-corrected chi connectivity index (χ3v) is 4.59. The van der Waals surface area contributed by atoms with Crippen LogP contribution in [0.25, 0.3) is 11.3 Å². The summed E-state index contributed by atoms with van der Waals surface area (Å²) in [7, 11) is 4.63. The number of carbonyl (C=O) groups is 1. The van der Waals surface area contributed by atoms with Gasteiger partial charge in [-0.3, -0.25) is 0 Å². The fourth-order valence-electron chi connectivity index (χ4n) is 3.00. The van der Waals surface area contributed by atoms with Crippen molar-refractivity contribution in [3.63, 3.8) is 0 Å². The van der Waals surface area contributed by atoms with E-state index in [1.807, 2.05) is 42.5 Å². The Bertz CT molecular complexity index is 946. The molecule has 1 N–H and O–H groups in total. The molecule has 0 aliphatic rings. The summed E-state index contributed by atoms with van der Waals surface area (Å²) >= 11 is 0. The summed E-state index contributed by atoms with van der Waals surface area (Å²) in [6.45, 7) is 1.44. The van der Waals surface area contributed by atoms with Gasteiger partial charge in [0.1, 0.15) is 11.5 Å². The average Bonchev–Trinajstić information content (AvgIpc) is 3.25. The van der Waals surface area contributed by atoms with Crippen molar-refractivity contribution in [3.8, 4) is 22.8 Å². The van der Waals surface area contributed by atoms with Crippen LogP contribution in [0.3, 0.4) is 0 Å². The molecule has 0 atom stereocenters. The molecular formula is C23H25NO5. The van der Waals surface area contributed by atoms with Crippen LogP contribution in [-0.4, -0.2) is 33.8 Å². The number of benzene rings is 2. The van der Waals surface area contributed by atoms with E-state index in [1.54, 1.807) is 26.4 Å². The zero-order chi connectivity index (χ0) is 20.6. The number of hydrogen-bond donors (Lipinski definition) is 1. The van der Waals surface area contributed by atoms with Crippen LogP contribution in [-0.2, 0) is 17.7 Å². The van der Waals surface area contributed by atoms with Gasteiger partial charge in [0, 0.05) is 5.56 Å². The highest BCUT2D eigenvalue weighted by Crippen LogP contribution is 2.27. The molecule has 0 saturated carbocycles. The second kappa shape index (κ2) is 9.80. The first-order chi connectivity index (χ1) is 14.1. The van der Waals surface area contributed by atoms with Gasteiger partial charge in [-0.05, 0) is 54.9 Å². The van der Waals surface area contributed by atoms with Crippen molar-refractivity contribution < 1.29 is 23.4 Å². The summed E-state index contributed by atoms with van der Waals surface area (Å²) in [5.74, 6) is 2.73. The van der Waals surface area contributed by atoms with E-state index in [0.29, 0.717) is 12.1 Å². The average molecular weight is 395 g/mol. The molecule has 0 fully saturated rings. The van der Waals surface area contributed by atoms with Crippen LogP contribution in [0.5, 0.6) is 11.5 Å². The van der Waals surface area contributed by atoms with Crippen LogP contribution >= 0.6 is 0 Å². The molecule has 6 nitrogen and oxygen atoms in total. The van der Waals surface area contributed by atoms with Gasteiger partial charge in [-0.2, -0.15) is 0 Å². The minimum atomic E-state index is -0.352. The first-order valence-corrected chi connectivity index (χ1v) is 9.33. The Balaban J connectivity index is 1.51. The third-order valence-electron chi connectivity index (χ3n) is 4.59. The molecule has 0 unspecified atom stereocenters. The van der Waals surface area contributed by atoms with Crippen LogP contribution in [0.15, 0.2) is 59.0 Å². The number of methoxy groups -OCH3 is 3. The van der Waals surface area contributed by atoms with Gasteiger partial charge >= 0.3 is 5.97 Å². The molecule has 1 aromatic heterocycles. The molecule has 0 radical (unpaired) electrons. The highest BCUT2D eigenvalue weighted by Gasteiger charge is 2.08. The summed E-state index contributed by atoms with van der Waals surface area (Å²) in [5.41, 5.74) is 2.59. The molecule has 0 amide bonds. The summed E-state index contributed by atoms with van der Waals surface area (Å²) in [5, 5.41) is 3.39. The Morgan fingerprint density at radius 1 is 0.931 bits per heavy atom. The lowest BCUT2D eigenvalue weighted by Crippen LogP contribution is -2.16. The van der Waals surface area contributed by atoms with Crippen LogP contribution in [0, 0.1) is 0 Å². The maximum atomic E-state index is 11.5. The molecule has 2 aromatic carbocycles. The van der Waals surface area contributed by atoms with Gasteiger partial charge in [-0.25, -0.2) is 4.79 Å². The lowest BCUT2D eigenvalue weighted by molar-refractivity contribution is 0.0600. The fourth-order valence-corrected chi connectivity index (χ4v) is 3.00. The van der Waals surface area contributed by atoms with Crippen LogP contribution in [0.2, 0.25) is 0 Å². The fraction of sp³-hybridized carbons (Fsp3) is 0.261. The monoisotopic (exact) mass is 395 g/mol. The van der Waals surface area contributed by atoms with Crippen LogP contribution in [0.1, 0.15) is 21.7 Å². The number of nitrogens with one attached hydrogen (secondary N) is 1. The molecule has 3 rings (SSSR count). The molecule has 6 heteroatoms. The van der Waals surface area contributed by atoms with Crippen molar-refractivity contribution in [1.29, 1.82) is 0 Å². The van der Waals surface area contributed by atoms with Crippen molar-refractivity contribution in [2.75, 3.05) is 27.9 Å². The third kappa shape index (κ3) is 5.18. The Morgan fingerprint density at radius 3 is 2.38 bits per heavy atom. The highest BCUT2D eigenvalue weighted by molar-refractivity contribution is 5.89. The molecule has 0 saturated heterocycles. The maximum Gasteiger partial charge on any atom is 0.337 e. The second-order valence-corrected chi connectivity index (χ2v) is 6.45. The summed E-state index contributed by atoms with van der Waals surface area (Å²) in [4.78, 5) is 11.5. The first-order valence-electron chi connectivity index (χ1n) is 9.33. The van der Waals surface area contributed by atoms with E-state index < -0.39 is 0 Å².